The molecule has 0 saturated carbocycles. The van der Waals surface area contributed by atoms with E-state index >= 15 is 0 Å². The molecule has 0 bridgehead atoms. The molecule has 0 unspecified atom stereocenters. The van der Waals surface area contributed by atoms with Gasteiger partial charge in [-0.05, 0) is 41.5 Å². The largest absolute Gasteiger partial charge is 0.494 e. The van der Waals surface area contributed by atoms with Crippen molar-refractivity contribution in [1.29, 1.82) is 0 Å². The number of hydrogen-bond donors (Lipinski definition) is 3. The molecule has 3 heterocycles. The van der Waals surface area contributed by atoms with Crippen LogP contribution in [0, 0.1) is 0 Å². The first kappa shape index (κ1) is 17.6. The number of nitrogens with one attached hydrogen (secondary N) is 2. The highest BCUT2D eigenvalue weighted by molar-refractivity contribution is 5.99. The summed E-state index contributed by atoms with van der Waals surface area (Å²) in [5, 5.41) is 19.8. The Labute approximate surface area is 170 Å². The Kier molecular flexibility index (Phi) is 3.98. The number of nitrogens with zero attached hydrogens (tertiary/aromatic N) is 2. The second-order valence-electron chi connectivity index (χ2n) is 8.27. The molecule has 5 heteroatoms. The molecule has 2 aromatic heterocycles. The monoisotopic (exact) mass is 384 g/mol. The summed E-state index contributed by atoms with van der Waals surface area (Å²) >= 11 is 0. The van der Waals surface area contributed by atoms with E-state index < -0.39 is 0 Å². The maximum absolute atomic E-state index is 11.1. The molecule has 3 N–H and O–H groups in total. The van der Waals surface area contributed by atoms with Crippen LogP contribution in [-0.2, 0) is 12.0 Å². The summed E-state index contributed by atoms with van der Waals surface area (Å²) in [4.78, 5) is 4.06. The first-order chi connectivity index (χ1) is 14.0. The average Bonchev–Trinajstić information content (AvgIpc) is 3.24. The van der Waals surface area contributed by atoms with Gasteiger partial charge in [-0.3, -0.25) is 9.55 Å². The van der Waals surface area contributed by atoms with Crippen LogP contribution in [0.3, 0.4) is 0 Å². The highest BCUT2D eigenvalue weighted by atomic mass is 16.3. The number of benzene rings is 2. The molecule has 2 aromatic carbocycles. The fourth-order valence-corrected chi connectivity index (χ4v) is 4.12. The van der Waals surface area contributed by atoms with Crippen LogP contribution in [-0.4, -0.2) is 21.2 Å². The molecule has 0 saturated heterocycles. The van der Waals surface area contributed by atoms with Gasteiger partial charge in [0, 0.05) is 53.9 Å². The van der Waals surface area contributed by atoms with Gasteiger partial charge < -0.3 is 15.7 Å². The molecule has 0 fully saturated rings. The van der Waals surface area contributed by atoms with E-state index in [0.29, 0.717) is 6.54 Å². The van der Waals surface area contributed by atoms with E-state index in [2.05, 4.69) is 47.7 Å². The highest BCUT2D eigenvalue weighted by Gasteiger charge is 2.29. The number of hydrogen-bond acceptors (Lipinski definition) is 4. The van der Waals surface area contributed by atoms with Crippen molar-refractivity contribution in [1.82, 2.24) is 9.55 Å². The van der Waals surface area contributed by atoms with Gasteiger partial charge in [-0.25, -0.2) is 0 Å². The standard InChI is InChI=1S/C24H24N4O/c1-24(2)15-27-21-12-18(6-7-19(21)24)28-14-17-4-3-5-20(22(17)23(28)29)26-13-16-8-10-25-11-9-16/h3-12,14,26-27,29H,13,15H2,1-2H3. The van der Waals surface area contributed by atoms with Crippen molar-refractivity contribution in [3.8, 4) is 11.6 Å². The molecule has 0 radical (unpaired) electrons. The molecular formula is C24H24N4O. The normalized spacial score (nSPS) is 14.6. The summed E-state index contributed by atoms with van der Waals surface area (Å²) in [6.45, 7) is 6.08. The molecule has 1 aliphatic heterocycles. The van der Waals surface area contributed by atoms with Crippen LogP contribution in [0.5, 0.6) is 5.88 Å². The van der Waals surface area contributed by atoms with Crippen molar-refractivity contribution in [3.63, 3.8) is 0 Å². The maximum Gasteiger partial charge on any atom is 0.205 e. The van der Waals surface area contributed by atoms with Crippen molar-refractivity contribution in [3.05, 3.63) is 78.2 Å². The molecule has 0 amide bonds. The minimum atomic E-state index is 0.126. The fourth-order valence-electron chi connectivity index (χ4n) is 4.12. The van der Waals surface area contributed by atoms with Gasteiger partial charge in [0.2, 0.25) is 5.88 Å². The zero-order chi connectivity index (χ0) is 20.0. The third-order valence-corrected chi connectivity index (χ3v) is 5.78. The van der Waals surface area contributed by atoms with Crippen molar-refractivity contribution in [2.75, 3.05) is 17.2 Å². The molecule has 146 valence electrons. The van der Waals surface area contributed by atoms with Crippen LogP contribution in [0.25, 0.3) is 16.5 Å². The van der Waals surface area contributed by atoms with Crippen molar-refractivity contribution in [2.45, 2.75) is 25.8 Å². The average molecular weight is 384 g/mol. The van der Waals surface area contributed by atoms with E-state index in [9.17, 15) is 5.11 Å². The smallest absolute Gasteiger partial charge is 0.205 e. The van der Waals surface area contributed by atoms with Crippen LogP contribution < -0.4 is 10.6 Å². The quantitative estimate of drug-likeness (QED) is 0.461. The molecule has 5 nitrogen and oxygen atoms in total. The predicted molar refractivity (Wildman–Crippen MR) is 118 cm³/mol. The zero-order valence-corrected chi connectivity index (χ0v) is 16.6. The van der Waals surface area contributed by atoms with E-state index in [1.165, 1.54) is 5.56 Å². The van der Waals surface area contributed by atoms with Gasteiger partial charge in [-0.2, -0.15) is 0 Å². The summed E-state index contributed by atoms with van der Waals surface area (Å²) < 4.78 is 1.86. The summed E-state index contributed by atoms with van der Waals surface area (Å²) in [6.07, 6.45) is 5.56. The van der Waals surface area contributed by atoms with Gasteiger partial charge in [-0.1, -0.05) is 32.0 Å². The SMILES string of the molecule is CC1(C)CNc2cc(-n3cc4cccc(NCc5ccncc5)c4c3O)ccc21. The molecule has 29 heavy (non-hydrogen) atoms. The van der Waals surface area contributed by atoms with Crippen LogP contribution in [0.1, 0.15) is 25.0 Å². The Morgan fingerprint density at radius 2 is 1.97 bits per heavy atom. The van der Waals surface area contributed by atoms with E-state index in [-0.39, 0.29) is 11.3 Å². The van der Waals surface area contributed by atoms with Crippen molar-refractivity contribution < 1.29 is 5.11 Å². The fraction of sp³-hybridized carbons (Fsp3) is 0.208. The van der Waals surface area contributed by atoms with Gasteiger partial charge in [-0.15, -0.1) is 0 Å². The number of rotatable bonds is 4. The van der Waals surface area contributed by atoms with Gasteiger partial charge in [0.25, 0.3) is 0 Å². The second kappa shape index (κ2) is 6.55. The van der Waals surface area contributed by atoms with Crippen LogP contribution in [0.2, 0.25) is 0 Å². The van der Waals surface area contributed by atoms with Gasteiger partial charge in [0.05, 0.1) is 11.1 Å². The third-order valence-electron chi connectivity index (χ3n) is 5.78. The summed E-state index contributed by atoms with van der Waals surface area (Å²) in [6, 6.07) is 16.4. The van der Waals surface area contributed by atoms with E-state index in [0.717, 1.165) is 39.9 Å². The lowest BCUT2D eigenvalue weighted by molar-refractivity contribution is 0.448. The van der Waals surface area contributed by atoms with Gasteiger partial charge in [0.15, 0.2) is 0 Å². The number of aromatic hydroxyl groups is 1. The summed E-state index contributed by atoms with van der Waals surface area (Å²) in [5.74, 6) is 0.245. The Balaban J connectivity index is 1.53. The number of aromatic nitrogens is 2. The Hall–Kier alpha value is -3.47. The molecule has 5 rings (SSSR count). The first-order valence-electron chi connectivity index (χ1n) is 9.87. The lowest BCUT2D eigenvalue weighted by atomic mass is 9.87. The van der Waals surface area contributed by atoms with Crippen LogP contribution >= 0.6 is 0 Å². The second-order valence-corrected chi connectivity index (χ2v) is 8.27. The first-order valence-corrected chi connectivity index (χ1v) is 9.87. The molecule has 0 atom stereocenters. The van der Waals surface area contributed by atoms with Crippen molar-refractivity contribution >= 4 is 22.1 Å². The molecule has 0 spiro atoms. The highest BCUT2D eigenvalue weighted by Crippen LogP contribution is 2.40. The van der Waals surface area contributed by atoms with Gasteiger partial charge in [0.1, 0.15) is 0 Å². The van der Waals surface area contributed by atoms with Gasteiger partial charge >= 0.3 is 0 Å². The molecule has 1 aliphatic rings. The Bertz CT molecular complexity index is 1190. The minimum absolute atomic E-state index is 0.126. The van der Waals surface area contributed by atoms with Crippen LogP contribution in [0.15, 0.2) is 67.1 Å². The van der Waals surface area contributed by atoms with E-state index in [4.69, 9.17) is 0 Å². The summed E-state index contributed by atoms with van der Waals surface area (Å²) in [7, 11) is 0. The zero-order valence-electron chi connectivity index (χ0n) is 16.6. The molecule has 4 aromatic rings. The predicted octanol–water partition coefficient (Wildman–Crippen LogP) is 5.05. The summed E-state index contributed by atoms with van der Waals surface area (Å²) in [5.41, 5.74) is 5.58. The maximum atomic E-state index is 11.1. The number of anilines is 2. The molecular weight excluding hydrogens is 360 g/mol. The van der Waals surface area contributed by atoms with E-state index in [1.54, 1.807) is 12.4 Å². The van der Waals surface area contributed by atoms with E-state index in [1.807, 2.05) is 41.1 Å². The lowest BCUT2D eigenvalue weighted by Gasteiger charge is -2.17. The third kappa shape index (κ3) is 2.99. The van der Waals surface area contributed by atoms with Crippen molar-refractivity contribution in [2.24, 2.45) is 0 Å². The lowest BCUT2D eigenvalue weighted by Crippen LogP contribution is -2.18. The minimum Gasteiger partial charge on any atom is -0.494 e. The Morgan fingerprint density at radius 1 is 1.14 bits per heavy atom. The molecule has 0 aliphatic carbocycles. The number of pyridine rings is 1. The topological polar surface area (TPSA) is 62.1 Å². The number of fused-ring (bicyclic) bond motifs is 2. The Morgan fingerprint density at radius 3 is 2.79 bits per heavy atom. The van der Waals surface area contributed by atoms with Crippen LogP contribution in [0.4, 0.5) is 11.4 Å².